The van der Waals surface area contributed by atoms with Crippen LogP contribution < -0.4 is 10.4 Å². The van der Waals surface area contributed by atoms with Crippen LogP contribution in [0.5, 0.6) is 5.75 Å². The zero-order chi connectivity index (χ0) is 18.0. The van der Waals surface area contributed by atoms with Gasteiger partial charge in [-0.1, -0.05) is 12.1 Å². The molecular formula is C18H24N4O3. The van der Waals surface area contributed by atoms with E-state index in [9.17, 15) is 9.59 Å². The standard InChI is InChI=1S/C18H24N4O3/c1-13-19-20(2)18(24)22(13)15-7-9-21(10-8-15)17(23)12-14-5-4-6-16(11-14)25-3/h4-6,11,15H,7-10,12H2,1-3H3. The number of hydrogen-bond donors (Lipinski definition) is 0. The fourth-order valence-electron chi connectivity index (χ4n) is 3.47. The highest BCUT2D eigenvalue weighted by molar-refractivity contribution is 5.79. The molecule has 134 valence electrons. The van der Waals surface area contributed by atoms with Crippen LogP contribution in [0.4, 0.5) is 0 Å². The number of likely N-dealkylation sites (tertiary alicyclic amines) is 1. The Bertz CT molecular complexity index is 816. The van der Waals surface area contributed by atoms with Gasteiger partial charge >= 0.3 is 5.69 Å². The molecule has 0 bridgehead atoms. The Morgan fingerprint density at radius 1 is 1.32 bits per heavy atom. The summed E-state index contributed by atoms with van der Waals surface area (Å²) in [6, 6.07) is 7.70. The van der Waals surface area contributed by atoms with Gasteiger partial charge in [-0.05, 0) is 37.5 Å². The van der Waals surface area contributed by atoms with E-state index in [1.54, 1.807) is 18.7 Å². The van der Waals surface area contributed by atoms with Crippen molar-refractivity contribution in [3.63, 3.8) is 0 Å². The summed E-state index contributed by atoms with van der Waals surface area (Å²) in [5.74, 6) is 1.60. The summed E-state index contributed by atoms with van der Waals surface area (Å²) < 4.78 is 8.33. The van der Waals surface area contributed by atoms with Crippen molar-refractivity contribution in [1.29, 1.82) is 0 Å². The zero-order valence-electron chi connectivity index (χ0n) is 14.9. The molecule has 0 saturated carbocycles. The lowest BCUT2D eigenvalue weighted by Gasteiger charge is -2.32. The molecule has 1 aliphatic rings. The van der Waals surface area contributed by atoms with Crippen LogP contribution in [0.15, 0.2) is 29.1 Å². The molecule has 0 aliphatic carbocycles. The van der Waals surface area contributed by atoms with E-state index in [1.165, 1.54) is 4.68 Å². The maximum atomic E-state index is 12.5. The number of ether oxygens (including phenoxy) is 1. The molecule has 3 rings (SSSR count). The Morgan fingerprint density at radius 2 is 2.04 bits per heavy atom. The summed E-state index contributed by atoms with van der Waals surface area (Å²) in [6.45, 7) is 3.17. The number of methoxy groups -OCH3 is 1. The predicted octanol–water partition coefficient (Wildman–Crippen LogP) is 1.31. The van der Waals surface area contributed by atoms with E-state index in [1.807, 2.05) is 36.1 Å². The van der Waals surface area contributed by atoms with Gasteiger partial charge in [0.15, 0.2) is 0 Å². The number of carbonyl (C=O) groups is 1. The number of benzene rings is 1. The number of amides is 1. The molecule has 0 N–H and O–H groups in total. The largest absolute Gasteiger partial charge is 0.497 e. The Hall–Kier alpha value is -2.57. The van der Waals surface area contributed by atoms with E-state index in [2.05, 4.69) is 5.10 Å². The Labute approximate surface area is 146 Å². The van der Waals surface area contributed by atoms with E-state index in [0.29, 0.717) is 19.5 Å². The van der Waals surface area contributed by atoms with Gasteiger partial charge in [0.05, 0.1) is 13.5 Å². The molecule has 1 aromatic heterocycles. The Balaban J connectivity index is 1.61. The van der Waals surface area contributed by atoms with E-state index in [4.69, 9.17) is 4.74 Å². The summed E-state index contributed by atoms with van der Waals surface area (Å²) in [5, 5.41) is 4.19. The summed E-state index contributed by atoms with van der Waals surface area (Å²) in [6.07, 6.45) is 1.92. The molecule has 1 amide bonds. The number of piperidine rings is 1. The van der Waals surface area contributed by atoms with Gasteiger partial charge in [0.25, 0.3) is 0 Å². The second-order valence-electron chi connectivity index (χ2n) is 6.46. The van der Waals surface area contributed by atoms with Crippen LogP contribution in [0, 0.1) is 6.92 Å². The smallest absolute Gasteiger partial charge is 0.345 e. The fourth-order valence-corrected chi connectivity index (χ4v) is 3.47. The minimum absolute atomic E-state index is 0.0846. The van der Waals surface area contributed by atoms with Crippen molar-refractivity contribution in [3.05, 3.63) is 46.1 Å². The first-order valence-electron chi connectivity index (χ1n) is 8.52. The van der Waals surface area contributed by atoms with Crippen LogP contribution in [0.25, 0.3) is 0 Å². The first-order chi connectivity index (χ1) is 12.0. The Kier molecular flexibility index (Phi) is 4.92. The number of nitrogens with zero attached hydrogens (tertiary/aromatic N) is 4. The third-order valence-corrected chi connectivity index (χ3v) is 4.80. The van der Waals surface area contributed by atoms with Crippen molar-refractivity contribution in [3.8, 4) is 5.75 Å². The normalized spacial score (nSPS) is 15.4. The number of aryl methyl sites for hydroxylation is 2. The average Bonchev–Trinajstić information content (AvgIpc) is 2.87. The van der Waals surface area contributed by atoms with Crippen molar-refractivity contribution in [1.82, 2.24) is 19.2 Å². The van der Waals surface area contributed by atoms with Gasteiger partial charge in [0.1, 0.15) is 11.6 Å². The first-order valence-corrected chi connectivity index (χ1v) is 8.52. The van der Waals surface area contributed by atoms with Crippen LogP contribution in [-0.4, -0.2) is 45.4 Å². The van der Waals surface area contributed by atoms with Gasteiger partial charge in [-0.15, -0.1) is 0 Å². The molecule has 0 atom stereocenters. The average molecular weight is 344 g/mol. The number of rotatable bonds is 4. The molecule has 0 radical (unpaired) electrons. The number of hydrogen-bond acceptors (Lipinski definition) is 4. The van der Waals surface area contributed by atoms with Crippen LogP contribution in [-0.2, 0) is 18.3 Å². The molecule has 2 aromatic rings. The minimum Gasteiger partial charge on any atom is -0.497 e. The third-order valence-electron chi connectivity index (χ3n) is 4.80. The van der Waals surface area contributed by atoms with E-state index < -0.39 is 0 Å². The molecule has 1 saturated heterocycles. The van der Waals surface area contributed by atoms with Crippen molar-refractivity contribution in [2.75, 3.05) is 20.2 Å². The van der Waals surface area contributed by atoms with Crippen molar-refractivity contribution >= 4 is 5.91 Å². The lowest BCUT2D eigenvalue weighted by Crippen LogP contribution is -2.41. The summed E-state index contributed by atoms with van der Waals surface area (Å²) >= 11 is 0. The fraction of sp³-hybridized carbons (Fsp3) is 0.500. The molecule has 1 aromatic carbocycles. The molecule has 7 nitrogen and oxygen atoms in total. The highest BCUT2D eigenvalue weighted by Crippen LogP contribution is 2.23. The predicted molar refractivity (Wildman–Crippen MR) is 93.8 cm³/mol. The number of aromatic nitrogens is 3. The molecular weight excluding hydrogens is 320 g/mol. The topological polar surface area (TPSA) is 69.4 Å². The monoisotopic (exact) mass is 344 g/mol. The maximum Gasteiger partial charge on any atom is 0.345 e. The molecule has 1 fully saturated rings. The second-order valence-corrected chi connectivity index (χ2v) is 6.46. The quantitative estimate of drug-likeness (QED) is 0.838. The van der Waals surface area contributed by atoms with E-state index >= 15 is 0 Å². The van der Waals surface area contributed by atoms with Crippen molar-refractivity contribution in [2.24, 2.45) is 7.05 Å². The summed E-state index contributed by atoms with van der Waals surface area (Å²) in [4.78, 5) is 26.6. The van der Waals surface area contributed by atoms with Crippen LogP contribution in [0.2, 0.25) is 0 Å². The first kappa shape index (κ1) is 17.3. The van der Waals surface area contributed by atoms with Crippen LogP contribution in [0.3, 0.4) is 0 Å². The zero-order valence-corrected chi connectivity index (χ0v) is 14.9. The maximum absolute atomic E-state index is 12.5. The molecule has 0 spiro atoms. The van der Waals surface area contributed by atoms with Crippen molar-refractivity contribution < 1.29 is 9.53 Å². The lowest BCUT2D eigenvalue weighted by molar-refractivity contribution is -0.131. The van der Waals surface area contributed by atoms with Crippen LogP contribution >= 0.6 is 0 Å². The van der Waals surface area contributed by atoms with Gasteiger partial charge in [-0.2, -0.15) is 5.10 Å². The van der Waals surface area contributed by atoms with Gasteiger partial charge in [0.2, 0.25) is 5.91 Å². The Morgan fingerprint density at radius 3 is 2.64 bits per heavy atom. The van der Waals surface area contributed by atoms with Crippen molar-refractivity contribution in [2.45, 2.75) is 32.2 Å². The van der Waals surface area contributed by atoms with E-state index in [0.717, 1.165) is 30.0 Å². The highest BCUT2D eigenvalue weighted by atomic mass is 16.5. The van der Waals surface area contributed by atoms with Gasteiger partial charge in [-0.25, -0.2) is 9.48 Å². The molecule has 2 heterocycles. The van der Waals surface area contributed by atoms with E-state index in [-0.39, 0.29) is 17.6 Å². The molecule has 25 heavy (non-hydrogen) atoms. The second kappa shape index (κ2) is 7.13. The third kappa shape index (κ3) is 3.60. The SMILES string of the molecule is COc1cccc(CC(=O)N2CCC(n3c(C)nn(C)c3=O)CC2)c1. The minimum atomic E-state index is -0.0846. The summed E-state index contributed by atoms with van der Waals surface area (Å²) in [7, 11) is 3.28. The van der Waals surface area contributed by atoms with Crippen LogP contribution in [0.1, 0.15) is 30.3 Å². The van der Waals surface area contributed by atoms with Gasteiger partial charge in [-0.3, -0.25) is 9.36 Å². The molecule has 7 heteroatoms. The highest BCUT2D eigenvalue weighted by Gasteiger charge is 2.26. The molecule has 0 unspecified atom stereocenters. The lowest BCUT2D eigenvalue weighted by atomic mass is 10.0. The summed E-state index contributed by atoms with van der Waals surface area (Å²) in [5.41, 5.74) is 0.865. The number of carbonyl (C=O) groups excluding carboxylic acids is 1. The van der Waals surface area contributed by atoms with Gasteiger partial charge in [0, 0.05) is 26.2 Å². The van der Waals surface area contributed by atoms with Gasteiger partial charge < -0.3 is 9.64 Å². The molecule has 1 aliphatic heterocycles.